The van der Waals surface area contributed by atoms with Crippen molar-refractivity contribution in [3.05, 3.63) is 64.2 Å². The minimum absolute atomic E-state index is 0.189. The molecule has 1 amide bonds. The van der Waals surface area contributed by atoms with Gasteiger partial charge in [0.15, 0.2) is 5.13 Å². The highest BCUT2D eigenvalue weighted by Crippen LogP contribution is 2.22. The molecule has 6 nitrogen and oxygen atoms in total. The van der Waals surface area contributed by atoms with E-state index in [-0.39, 0.29) is 16.6 Å². The number of halogens is 1. The van der Waals surface area contributed by atoms with Crippen LogP contribution in [0.4, 0.5) is 9.52 Å². The lowest BCUT2D eigenvalue weighted by Gasteiger charge is -2.14. The van der Waals surface area contributed by atoms with E-state index >= 15 is 0 Å². The second-order valence-electron chi connectivity index (χ2n) is 5.68. The van der Waals surface area contributed by atoms with Gasteiger partial charge in [-0.1, -0.05) is 18.2 Å². The molecule has 0 fully saturated rings. The minimum Gasteiger partial charge on any atom is -0.301 e. The first kappa shape index (κ1) is 19.6. The van der Waals surface area contributed by atoms with Crippen molar-refractivity contribution >= 4 is 43.7 Å². The van der Waals surface area contributed by atoms with E-state index in [2.05, 4.69) is 10.3 Å². The molecule has 0 radical (unpaired) electrons. The van der Waals surface area contributed by atoms with Crippen LogP contribution in [0.15, 0.2) is 52.2 Å². The number of sulfonamides is 1. The molecular formula is C17H16FN3O3S3. The highest BCUT2D eigenvalue weighted by atomic mass is 32.2. The van der Waals surface area contributed by atoms with Gasteiger partial charge in [0.25, 0.3) is 10.0 Å². The third-order valence-corrected chi connectivity index (χ3v) is 7.71. The number of anilines is 1. The maximum atomic E-state index is 12.9. The number of aromatic nitrogens is 1. The molecule has 0 aliphatic rings. The maximum absolute atomic E-state index is 12.9. The molecule has 142 valence electrons. The number of thiazole rings is 1. The molecule has 0 bridgehead atoms. The number of amides is 1. The monoisotopic (exact) mass is 425 g/mol. The number of carbonyl (C=O) groups excluding carboxylic acids is 1. The SMILES string of the molecule is CN(CC(=O)Nc1ncc(Cc2ccc(F)cc2)s1)S(=O)(=O)c1cccs1. The fraction of sp³-hybridized carbons (Fsp3) is 0.176. The smallest absolute Gasteiger partial charge is 0.252 e. The molecule has 0 spiro atoms. The van der Waals surface area contributed by atoms with Crippen LogP contribution in [0.3, 0.4) is 0 Å². The van der Waals surface area contributed by atoms with Crippen LogP contribution >= 0.6 is 22.7 Å². The number of nitrogens with zero attached hydrogens (tertiary/aromatic N) is 2. The lowest BCUT2D eigenvalue weighted by atomic mass is 10.1. The molecule has 1 aromatic carbocycles. The van der Waals surface area contributed by atoms with Gasteiger partial charge < -0.3 is 5.32 Å². The zero-order chi connectivity index (χ0) is 19.4. The van der Waals surface area contributed by atoms with Crippen molar-refractivity contribution in [1.82, 2.24) is 9.29 Å². The number of rotatable bonds is 7. The van der Waals surface area contributed by atoms with Gasteiger partial charge in [-0.05, 0) is 29.1 Å². The van der Waals surface area contributed by atoms with Gasteiger partial charge in [0.2, 0.25) is 5.91 Å². The zero-order valence-electron chi connectivity index (χ0n) is 14.3. The van der Waals surface area contributed by atoms with Crippen LogP contribution in [0, 0.1) is 5.82 Å². The summed E-state index contributed by atoms with van der Waals surface area (Å²) < 4.78 is 38.8. The van der Waals surface area contributed by atoms with E-state index in [0.29, 0.717) is 11.6 Å². The number of nitrogens with one attached hydrogen (secondary N) is 1. The maximum Gasteiger partial charge on any atom is 0.252 e. The number of hydrogen-bond acceptors (Lipinski definition) is 6. The highest BCUT2D eigenvalue weighted by molar-refractivity contribution is 7.91. The largest absolute Gasteiger partial charge is 0.301 e. The number of thiophene rings is 1. The Morgan fingerprint density at radius 1 is 1.26 bits per heavy atom. The van der Waals surface area contributed by atoms with Crippen molar-refractivity contribution in [1.29, 1.82) is 0 Å². The first-order chi connectivity index (χ1) is 12.8. The van der Waals surface area contributed by atoms with Gasteiger partial charge >= 0.3 is 0 Å². The summed E-state index contributed by atoms with van der Waals surface area (Å²) in [6.07, 6.45) is 2.20. The fourth-order valence-corrected chi connectivity index (χ4v) is 5.45. The van der Waals surface area contributed by atoms with Gasteiger partial charge in [-0.3, -0.25) is 4.79 Å². The Hall–Kier alpha value is -2.14. The molecule has 2 aromatic heterocycles. The van der Waals surface area contributed by atoms with E-state index in [9.17, 15) is 17.6 Å². The molecule has 2 heterocycles. The topological polar surface area (TPSA) is 79.4 Å². The Morgan fingerprint density at radius 3 is 2.67 bits per heavy atom. The molecule has 0 aliphatic heterocycles. The van der Waals surface area contributed by atoms with Gasteiger partial charge in [0.05, 0.1) is 6.54 Å². The van der Waals surface area contributed by atoms with Crippen molar-refractivity contribution in [2.45, 2.75) is 10.6 Å². The van der Waals surface area contributed by atoms with Gasteiger partial charge in [-0.15, -0.1) is 22.7 Å². The molecule has 10 heteroatoms. The molecule has 0 saturated carbocycles. The fourth-order valence-electron chi connectivity index (χ4n) is 2.26. The molecule has 1 N–H and O–H groups in total. The zero-order valence-corrected chi connectivity index (χ0v) is 16.7. The van der Waals surface area contributed by atoms with E-state index in [1.54, 1.807) is 29.8 Å². The summed E-state index contributed by atoms with van der Waals surface area (Å²) in [5, 5.41) is 4.66. The van der Waals surface area contributed by atoms with E-state index in [4.69, 9.17) is 0 Å². The van der Waals surface area contributed by atoms with Crippen molar-refractivity contribution in [3.63, 3.8) is 0 Å². The molecule has 0 atom stereocenters. The predicted octanol–water partition coefficient (Wildman–Crippen LogP) is 3.19. The first-order valence-electron chi connectivity index (χ1n) is 7.83. The van der Waals surface area contributed by atoms with E-state index < -0.39 is 15.9 Å². The molecular weight excluding hydrogens is 409 g/mol. The van der Waals surface area contributed by atoms with E-state index in [1.807, 2.05) is 0 Å². The normalized spacial score (nSPS) is 11.7. The first-order valence-corrected chi connectivity index (χ1v) is 11.0. The van der Waals surface area contributed by atoms with Crippen molar-refractivity contribution in [3.8, 4) is 0 Å². The Balaban J connectivity index is 1.58. The summed E-state index contributed by atoms with van der Waals surface area (Å²) >= 11 is 2.39. The van der Waals surface area contributed by atoms with Crippen LogP contribution in [0.25, 0.3) is 0 Å². The van der Waals surface area contributed by atoms with Crippen LogP contribution in [-0.4, -0.2) is 37.2 Å². The average molecular weight is 426 g/mol. The van der Waals surface area contributed by atoms with E-state index in [1.165, 1.54) is 36.6 Å². The Bertz CT molecular complexity index is 1020. The molecule has 0 unspecified atom stereocenters. The van der Waals surface area contributed by atoms with Crippen LogP contribution in [-0.2, 0) is 21.2 Å². The van der Waals surface area contributed by atoms with Gasteiger partial charge in [0, 0.05) is 24.5 Å². The molecule has 0 aliphatic carbocycles. The van der Waals surface area contributed by atoms with Gasteiger partial charge in [-0.2, -0.15) is 4.31 Å². The summed E-state index contributed by atoms with van der Waals surface area (Å²) in [5.41, 5.74) is 0.930. The lowest BCUT2D eigenvalue weighted by Crippen LogP contribution is -2.34. The second kappa shape index (κ2) is 8.26. The lowest BCUT2D eigenvalue weighted by molar-refractivity contribution is -0.116. The average Bonchev–Trinajstić information content (AvgIpc) is 3.29. The van der Waals surface area contributed by atoms with Crippen LogP contribution in [0.5, 0.6) is 0 Å². The Labute approximate surface area is 164 Å². The standard InChI is InChI=1S/C17H16FN3O3S3/c1-21(27(23,24)16-3-2-8-25-16)11-15(22)20-17-19-10-14(26-17)9-12-4-6-13(18)7-5-12/h2-8,10H,9,11H2,1H3,(H,19,20,22). The molecule has 3 rings (SSSR count). The van der Waals surface area contributed by atoms with E-state index in [0.717, 1.165) is 26.1 Å². The summed E-state index contributed by atoms with van der Waals surface area (Å²) in [6, 6.07) is 9.31. The van der Waals surface area contributed by atoms with Gasteiger partial charge in [0.1, 0.15) is 10.0 Å². The number of hydrogen-bond donors (Lipinski definition) is 1. The van der Waals surface area contributed by atoms with Crippen LogP contribution < -0.4 is 5.32 Å². The van der Waals surface area contributed by atoms with Gasteiger partial charge in [-0.25, -0.2) is 17.8 Å². The van der Waals surface area contributed by atoms with Crippen LogP contribution in [0.1, 0.15) is 10.4 Å². The Morgan fingerprint density at radius 2 is 2.00 bits per heavy atom. The van der Waals surface area contributed by atoms with Crippen LogP contribution in [0.2, 0.25) is 0 Å². The van der Waals surface area contributed by atoms with Crippen molar-refractivity contribution < 1.29 is 17.6 Å². The molecule has 3 aromatic rings. The molecule has 0 saturated heterocycles. The number of likely N-dealkylation sites (N-methyl/N-ethyl adjacent to an activating group) is 1. The summed E-state index contributed by atoms with van der Waals surface area (Å²) in [4.78, 5) is 17.2. The summed E-state index contributed by atoms with van der Waals surface area (Å²) in [6.45, 7) is -0.312. The third kappa shape index (κ3) is 4.98. The highest BCUT2D eigenvalue weighted by Gasteiger charge is 2.24. The molecule has 27 heavy (non-hydrogen) atoms. The summed E-state index contributed by atoms with van der Waals surface area (Å²) in [5.74, 6) is -0.766. The van der Waals surface area contributed by atoms with Crippen molar-refractivity contribution in [2.75, 3.05) is 18.9 Å². The second-order valence-corrected chi connectivity index (χ2v) is 10.0. The quantitative estimate of drug-likeness (QED) is 0.631. The predicted molar refractivity (Wildman–Crippen MR) is 104 cm³/mol. The third-order valence-electron chi connectivity index (χ3n) is 3.62. The minimum atomic E-state index is -3.68. The number of carbonyl (C=O) groups is 1. The number of benzene rings is 1. The summed E-state index contributed by atoms with van der Waals surface area (Å²) in [7, 11) is -2.32. The Kier molecular flexibility index (Phi) is 6.00. The van der Waals surface area contributed by atoms with Crippen molar-refractivity contribution in [2.24, 2.45) is 0 Å².